The number of carbonyl (C=O) groups is 2. The molecule has 0 bridgehead atoms. The number of rotatable bonds is 11. The maximum absolute atomic E-state index is 12.7. The lowest BCUT2D eigenvalue weighted by Crippen LogP contribution is -2.22. The Hall–Kier alpha value is -4.24. The lowest BCUT2D eigenvalue weighted by Gasteiger charge is -2.20. The number of nitriles is 1. The highest BCUT2D eigenvalue weighted by atomic mass is 16.1. The van der Waals surface area contributed by atoms with Crippen molar-refractivity contribution < 1.29 is 9.59 Å². The van der Waals surface area contributed by atoms with Gasteiger partial charge in [0.2, 0.25) is 5.91 Å². The minimum atomic E-state index is -0.384. The van der Waals surface area contributed by atoms with Gasteiger partial charge < -0.3 is 14.7 Å². The second-order valence-electron chi connectivity index (χ2n) is 10.5. The number of imidazole rings is 1. The molecule has 0 fully saturated rings. The number of aryl methyl sites for hydroxylation is 1. The second-order valence-corrected chi connectivity index (χ2v) is 10.5. The number of amides is 1. The van der Waals surface area contributed by atoms with Crippen LogP contribution < -0.4 is 5.32 Å². The molecule has 1 heterocycles. The smallest absolute Gasteiger partial charge is 0.224 e. The number of aldehydes is 1. The highest BCUT2D eigenvalue weighted by molar-refractivity contribution is 5.93. The SMILES string of the molecule is CCCCc1nc2ccc(NC(=O)CC(C)(C)CC=O)cc2n1Cc1ccc(-c2ccccc2C#N)cc1. The van der Waals surface area contributed by atoms with E-state index in [4.69, 9.17) is 4.98 Å². The van der Waals surface area contributed by atoms with Crippen LogP contribution in [0.25, 0.3) is 22.2 Å². The normalized spacial score (nSPS) is 11.3. The predicted octanol–water partition coefficient (Wildman–Crippen LogP) is 6.91. The van der Waals surface area contributed by atoms with Crippen LogP contribution in [-0.4, -0.2) is 21.7 Å². The summed E-state index contributed by atoms with van der Waals surface area (Å²) in [6.45, 7) is 6.66. The van der Waals surface area contributed by atoms with E-state index in [0.29, 0.717) is 18.5 Å². The van der Waals surface area contributed by atoms with Gasteiger partial charge in [0.05, 0.1) is 22.7 Å². The number of hydrogen-bond acceptors (Lipinski definition) is 4. The molecule has 3 aromatic carbocycles. The zero-order chi connectivity index (χ0) is 27.1. The van der Waals surface area contributed by atoms with Crippen molar-refractivity contribution in [2.24, 2.45) is 5.41 Å². The molecule has 194 valence electrons. The Morgan fingerprint density at radius 1 is 1.11 bits per heavy atom. The first-order valence-electron chi connectivity index (χ1n) is 13.1. The fourth-order valence-corrected chi connectivity index (χ4v) is 4.69. The third kappa shape index (κ3) is 6.36. The Morgan fingerprint density at radius 3 is 2.58 bits per heavy atom. The molecule has 6 nitrogen and oxygen atoms in total. The monoisotopic (exact) mass is 506 g/mol. The predicted molar refractivity (Wildman–Crippen MR) is 152 cm³/mol. The van der Waals surface area contributed by atoms with E-state index >= 15 is 0 Å². The van der Waals surface area contributed by atoms with Crippen molar-refractivity contribution in [2.75, 3.05) is 5.32 Å². The molecule has 0 aliphatic rings. The quantitative estimate of drug-likeness (QED) is 0.224. The van der Waals surface area contributed by atoms with Gasteiger partial charge in [0.15, 0.2) is 0 Å². The van der Waals surface area contributed by atoms with Crippen molar-refractivity contribution >= 4 is 28.9 Å². The summed E-state index contributed by atoms with van der Waals surface area (Å²) in [6.07, 6.45) is 4.47. The molecule has 0 saturated carbocycles. The van der Waals surface area contributed by atoms with Crippen LogP contribution in [0.15, 0.2) is 66.7 Å². The first-order valence-corrected chi connectivity index (χ1v) is 13.1. The van der Waals surface area contributed by atoms with Crippen molar-refractivity contribution in [1.29, 1.82) is 5.26 Å². The van der Waals surface area contributed by atoms with E-state index in [1.165, 1.54) is 0 Å². The van der Waals surface area contributed by atoms with Gasteiger partial charge in [0.1, 0.15) is 12.1 Å². The second kappa shape index (κ2) is 11.9. The average molecular weight is 507 g/mol. The maximum atomic E-state index is 12.7. The van der Waals surface area contributed by atoms with E-state index in [1.807, 2.05) is 56.3 Å². The fourth-order valence-electron chi connectivity index (χ4n) is 4.69. The molecule has 0 aliphatic carbocycles. The summed E-state index contributed by atoms with van der Waals surface area (Å²) in [5, 5.41) is 12.5. The molecule has 0 radical (unpaired) electrons. The molecule has 38 heavy (non-hydrogen) atoms. The van der Waals surface area contributed by atoms with E-state index in [-0.39, 0.29) is 17.7 Å². The van der Waals surface area contributed by atoms with E-state index in [1.54, 1.807) is 0 Å². The highest BCUT2D eigenvalue weighted by Crippen LogP contribution is 2.28. The van der Waals surface area contributed by atoms with Crippen LogP contribution in [-0.2, 0) is 22.6 Å². The summed E-state index contributed by atoms with van der Waals surface area (Å²) in [5.41, 5.74) is 5.93. The number of benzene rings is 3. The summed E-state index contributed by atoms with van der Waals surface area (Å²) in [7, 11) is 0. The molecule has 1 N–H and O–H groups in total. The van der Waals surface area contributed by atoms with Crippen molar-refractivity contribution in [2.45, 2.75) is 59.4 Å². The minimum absolute atomic E-state index is 0.110. The Kier molecular flexibility index (Phi) is 8.38. The lowest BCUT2D eigenvalue weighted by molar-refractivity contribution is -0.118. The molecule has 0 unspecified atom stereocenters. The van der Waals surface area contributed by atoms with Crippen molar-refractivity contribution in [1.82, 2.24) is 9.55 Å². The van der Waals surface area contributed by atoms with E-state index in [0.717, 1.165) is 64.8 Å². The third-order valence-electron chi connectivity index (χ3n) is 6.79. The Balaban J connectivity index is 1.62. The van der Waals surface area contributed by atoms with Gasteiger partial charge in [-0.25, -0.2) is 4.98 Å². The molecule has 4 aromatic rings. The number of aromatic nitrogens is 2. The largest absolute Gasteiger partial charge is 0.326 e. The zero-order valence-corrected chi connectivity index (χ0v) is 22.3. The van der Waals surface area contributed by atoms with Gasteiger partial charge in [-0.05, 0) is 52.8 Å². The van der Waals surface area contributed by atoms with Crippen LogP contribution in [0, 0.1) is 16.7 Å². The number of hydrogen-bond donors (Lipinski definition) is 1. The number of unbranched alkanes of at least 4 members (excludes halogenated alkanes) is 1. The molecule has 1 amide bonds. The summed E-state index contributed by atoms with van der Waals surface area (Å²) in [4.78, 5) is 28.5. The van der Waals surface area contributed by atoms with Crippen LogP contribution in [0.5, 0.6) is 0 Å². The van der Waals surface area contributed by atoms with Gasteiger partial charge in [-0.15, -0.1) is 0 Å². The zero-order valence-electron chi connectivity index (χ0n) is 22.3. The van der Waals surface area contributed by atoms with Crippen molar-refractivity contribution in [3.05, 3.63) is 83.7 Å². The molecule has 0 saturated heterocycles. The molecular weight excluding hydrogens is 472 g/mol. The lowest BCUT2D eigenvalue weighted by atomic mass is 9.86. The molecule has 6 heteroatoms. The summed E-state index contributed by atoms with van der Waals surface area (Å²) < 4.78 is 2.23. The molecular formula is C32H34N4O2. The molecule has 1 aromatic heterocycles. The van der Waals surface area contributed by atoms with Crippen LogP contribution >= 0.6 is 0 Å². The maximum Gasteiger partial charge on any atom is 0.224 e. The molecule has 4 rings (SSSR count). The van der Waals surface area contributed by atoms with Crippen LogP contribution in [0.1, 0.15) is 63.4 Å². The summed E-state index contributed by atoms with van der Waals surface area (Å²) >= 11 is 0. The van der Waals surface area contributed by atoms with E-state index < -0.39 is 0 Å². The fraction of sp³-hybridized carbons (Fsp3) is 0.312. The summed E-state index contributed by atoms with van der Waals surface area (Å²) in [6, 6.07) is 24.0. The van der Waals surface area contributed by atoms with Gasteiger partial charge in [0.25, 0.3) is 0 Å². The van der Waals surface area contributed by atoms with Gasteiger partial charge in [0, 0.05) is 31.5 Å². The molecule has 0 aliphatic heterocycles. The van der Waals surface area contributed by atoms with E-state index in [9.17, 15) is 14.9 Å². The standard InChI is InChI=1S/C32H34N4O2/c1-4-5-10-30-35-28-16-15-26(34-31(38)20-32(2,3)17-18-37)19-29(28)36(30)22-23-11-13-24(14-12-23)27-9-7-6-8-25(27)21-33/h6-9,11-16,18-19H,4-5,10,17,20,22H2,1-3H3,(H,34,38). The van der Waals surface area contributed by atoms with Crippen LogP contribution in [0.3, 0.4) is 0 Å². The topological polar surface area (TPSA) is 87.8 Å². The van der Waals surface area contributed by atoms with Crippen LogP contribution in [0.2, 0.25) is 0 Å². The number of carbonyl (C=O) groups excluding carboxylic acids is 2. The average Bonchev–Trinajstić information content (AvgIpc) is 3.23. The Bertz CT molecular complexity index is 1480. The number of fused-ring (bicyclic) bond motifs is 1. The number of nitrogens with one attached hydrogen (secondary N) is 1. The molecule has 0 atom stereocenters. The first kappa shape index (κ1) is 26.8. The minimum Gasteiger partial charge on any atom is -0.326 e. The van der Waals surface area contributed by atoms with Gasteiger partial charge >= 0.3 is 0 Å². The first-order chi connectivity index (χ1) is 18.3. The van der Waals surface area contributed by atoms with E-state index in [2.05, 4.69) is 47.1 Å². The Labute approximate surface area is 224 Å². The summed E-state index contributed by atoms with van der Waals surface area (Å²) in [5.74, 6) is 0.915. The number of anilines is 1. The van der Waals surface area contributed by atoms with Gasteiger partial charge in [-0.1, -0.05) is 69.7 Å². The number of nitrogens with zero attached hydrogens (tertiary/aromatic N) is 3. The van der Waals surface area contributed by atoms with Crippen LogP contribution in [0.4, 0.5) is 5.69 Å². The third-order valence-corrected chi connectivity index (χ3v) is 6.79. The highest BCUT2D eigenvalue weighted by Gasteiger charge is 2.22. The van der Waals surface area contributed by atoms with Gasteiger partial charge in [-0.2, -0.15) is 5.26 Å². The van der Waals surface area contributed by atoms with Crippen molar-refractivity contribution in [3.63, 3.8) is 0 Å². The Morgan fingerprint density at radius 2 is 1.87 bits per heavy atom. The molecule has 0 spiro atoms. The van der Waals surface area contributed by atoms with Gasteiger partial charge in [-0.3, -0.25) is 4.79 Å². The van der Waals surface area contributed by atoms with Crippen molar-refractivity contribution in [3.8, 4) is 17.2 Å².